The van der Waals surface area contributed by atoms with Crippen LogP contribution in [0, 0.1) is 0 Å². The van der Waals surface area contributed by atoms with Crippen LogP contribution in [-0.4, -0.2) is 59.9 Å². The molecule has 1 aromatic carbocycles. The van der Waals surface area contributed by atoms with Crippen LogP contribution >= 0.6 is 0 Å². The highest BCUT2D eigenvalue weighted by molar-refractivity contribution is 5.76. The Labute approximate surface area is 225 Å². The maximum Gasteiger partial charge on any atom is 0.417 e. The number of nitrogens with zero attached hydrogens (tertiary/aromatic N) is 4. The molecule has 0 aliphatic carbocycles. The number of hydrogen-bond acceptors (Lipinski definition) is 6. The van der Waals surface area contributed by atoms with E-state index in [1.165, 1.54) is 12.4 Å². The van der Waals surface area contributed by atoms with Gasteiger partial charge in [-0.1, -0.05) is 33.8 Å². The van der Waals surface area contributed by atoms with Crippen LogP contribution in [0.5, 0.6) is 5.75 Å². The standard InChI is InChI=1S/C29H34F3N5O2/c1-5-37(6-2)16-21-8-9-24-25(35-21)12-22(36-24)13-28(39,29(30,31)32)17-27(3,4)23-11-19(7-10-26(23)38)20-14-33-18-34-15-20/h7-12,14-15,18,36,38-39H,5-6,13,16-17H2,1-4H3. The number of nitrogens with one attached hydrogen (secondary N) is 1. The zero-order valence-corrected chi connectivity index (χ0v) is 22.5. The highest BCUT2D eigenvalue weighted by Crippen LogP contribution is 2.45. The average molecular weight is 542 g/mol. The van der Waals surface area contributed by atoms with Gasteiger partial charge in [0.2, 0.25) is 0 Å². The molecular formula is C29H34F3N5O2. The number of aliphatic hydroxyl groups is 1. The summed E-state index contributed by atoms with van der Waals surface area (Å²) < 4.78 is 43.4. The molecule has 0 saturated heterocycles. The van der Waals surface area contributed by atoms with Gasteiger partial charge in [0.05, 0.1) is 16.7 Å². The summed E-state index contributed by atoms with van der Waals surface area (Å²) in [5.74, 6) is -0.152. The summed E-state index contributed by atoms with van der Waals surface area (Å²) in [6.45, 7) is 9.64. The molecular weight excluding hydrogens is 507 g/mol. The second kappa shape index (κ2) is 10.9. The van der Waals surface area contributed by atoms with Gasteiger partial charge in [0.1, 0.15) is 12.1 Å². The molecule has 4 aromatic rings. The lowest BCUT2D eigenvalue weighted by Gasteiger charge is -2.38. The molecule has 0 spiro atoms. The number of benzene rings is 1. The van der Waals surface area contributed by atoms with Crippen LogP contribution in [0.15, 0.2) is 55.1 Å². The second-order valence-corrected chi connectivity index (χ2v) is 10.6. The van der Waals surface area contributed by atoms with E-state index in [-0.39, 0.29) is 17.0 Å². The van der Waals surface area contributed by atoms with Crippen molar-refractivity contribution >= 4 is 11.0 Å². The van der Waals surface area contributed by atoms with Gasteiger partial charge in [0, 0.05) is 42.2 Å². The molecule has 1 unspecified atom stereocenters. The Morgan fingerprint density at radius 2 is 1.64 bits per heavy atom. The molecule has 39 heavy (non-hydrogen) atoms. The van der Waals surface area contributed by atoms with Gasteiger partial charge in [-0.05, 0) is 60.8 Å². The van der Waals surface area contributed by atoms with Crippen molar-refractivity contribution < 1.29 is 23.4 Å². The normalized spacial score (nSPS) is 14.2. The SMILES string of the molecule is CCN(CC)Cc1ccc2[nH]c(CC(O)(CC(C)(C)c3cc(-c4cncnc4)ccc3O)C(F)(F)F)cc2n1. The summed E-state index contributed by atoms with van der Waals surface area (Å²) in [6.07, 6.45) is -1.75. The first-order valence-corrected chi connectivity index (χ1v) is 12.9. The van der Waals surface area contributed by atoms with Crippen molar-refractivity contribution in [3.05, 3.63) is 72.1 Å². The molecule has 10 heteroatoms. The lowest BCUT2D eigenvalue weighted by Crippen LogP contribution is -2.50. The Morgan fingerprint density at radius 1 is 0.949 bits per heavy atom. The van der Waals surface area contributed by atoms with Crippen molar-refractivity contribution in [2.24, 2.45) is 0 Å². The van der Waals surface area contributed by atoms with Gasteiger partial charge < -0.3 is 15.2 Å². The van der Waals surface area contributed by atoms with Gasteiger partial charge in [-0.2, -0.15) is 13.2 Å². The topological polar surface area (TPSA) is 98.2 Å². The van der Waals surface area contributed by atoms with Crippen molar-refractivity contribution in [2.45, 2.75) is 64.3 Å². The molecule has 0 aliphatic heterocycles. The quantitative estimate of drug-likeness (QED) is 0.236. The summed E-state index contributed by atoms with van der Waals surface area (Å²) in [6, 6.07) is 9.93. The van der Waals surface area contributed by atoms with Gasteiger partial charge in [-0.25, -0.2) is 15.0 Å². The van der Waals surface area contributed by atoms with E-state index < -0.39 is 30.0 Å². The van der Waals surface area contributed by atoms with Crippen molar-refractivity contribution in [1.29, 1.82) is 0 Å². The largest absolute Gasteiger partial charge is 0.508 e. The van der Waals surface area contributed by atoms with Crippen LogP contribution in [0.25, 0.3) is 22.2 Å². The molecule has 208 valence electrons. The van der Waals surface area contributed by atoms with Gasteiger partial charge in [0.15, 0.2) is 5.60 Å². The van der Waals surface area contributed by atoms with Crippen LogP contribution in [0.2, 0.25) is 0 Å². The van der Waals surface area contributed by atoms with E-state index in [1.54, 1.807) is 50.5 Å². The number of fused-ring (bicyclic) bond motifs is 1. The number of halogens is 3. The van der Waals surface area contributed by atoms with E-state index >= 15 is 0 Å². The van der Waals surface area contributed by atoms with Crippen LogP contribution in [0.3, 0.4) is 0 Å². The highest BCUT2D eigenvalue weighted by atomic mass is 19.4. The molecule has 0 aliphatic rings. The average Bonchev–Trinajstić information content (AvgIpc) is 3.28. The van der Waals surface area contributed by atoms with E-state index in [9.17, 15) is 23.4 Å². The predicted octanol–water partition coefficient (Wildman–Crippen LogP) is 5.77. The van der Waals surface area contributed by atoms with Gasteiger partial charge in [-0.15, -0.1) is 0 Å². The molecule has 3 heterocycles. The number of rotatable bonds is 10. The Bertz CT molecular complexity index is 1420. The zero-order chi connectivity index (χ0) is 28.4. The number of alkyl halides is 3. The first kappa shape index (κ1) is 28.5. The maximum atomic E-state index is 14.5. The van der Waals surface area contributed by atoms with Crippen LogP contribution < -0.4 is 0 Å². The van der Waals surface area contributed by atoms with E-state index in [4.69, 9.17) is 0 Å². The molecule has 3 aromatic heterocycles. The summed E-state index contributed by atoms with van der Waals surface area (Å²) >= 11 is 0. The number of phenols is 1. The van der Waals surface area contributed by atoms with Crippen LogP contribution in [-0.2, 0) is 18.4 Å². The Kier molecular flexibility index (Phi) is 7.99. The number of hydrogen-bond donors (Lipinski definition) is 3. The predicted molar refractivity (Wildman–Crippen MR) is 144 cm³/mol. The van der Waals surface area contributed by atoms with Crippen LogP contribution in [0.4, 0.5) is 13.2 Å². The number of H-pyrrole nitrogens is 1. The Hall–Kier alpha value is -3.50. The van der Waals surface area contributed by atoms with Gasteiger partial charge in [-0.3, -0.25) is 4.90 Å². The third-order valence-corrected chi connectivity index (χ3v) is 7.23. The zero-order valence-electron chi connectivity index (χ0n) is 22.5. The van der Waals surface area contributed by atoms with Crippen molar-refractivity contribution in [1.82, 2.24) is 24.8 Å². The fraction of sp³-hybridized carbons (Fsp3) is 0.414. The second-order valence-electron chi connectivity index (χ2n) is 10.6. The van der Waals surface area contributed by atoms with E-state index in [1.807, 2.05) is 6.07 Å². The minimum Gasteiger partial charge on any atom is -0.508 e. The molecule has 1 atom stereocenters. The molecule has 0 saturated carbocycles. The first-order chi connectivity index (χ1) is 18.3. The van der Waals surface area contributed by atoms with E-state index in [0.29, 0.717) is 28.7 Å². The van der Waals surface area contributed by atoms with E-state index in [2.05, 4.69) is 38.7 Å². The van der Waals surface area contributed by atoms with Crippen LogP contribution in [0.1, 0.15) is 51.1 Å². The number of pyridine rings is 1. The van der Waals surface area contributed by atoms with Crippen molar-refractivity contribution in [3.63, 3.8) is 0 Å². The number of aromatic amines is 1. The lowest BCUT2D eigenvalue weighted by molar-refractivity contribution is -0.266. The highest BCUT2D eigenvalue weighted by Gasteiger charge is 2.56. The number of phenolic OH excluding ortho intramolecular Hbond substituents is 1. The smallest absolute Gasteiger partial charge is 0.417 e. The molecule has 3 N–H and O–H groups in total. The maximum absolute atomic E-state index is 14.5. The summed E-state index contributed by atoms with van der Waals surface area (Å²) in [7, 11) is 0. The van der Waals surface area contributed by atoms with Gasteiger partial charge in [0.25, 0.3) is 0 Å². The lowest BCUT2D eigenvalue weighted by atomic mass is 9.72. The summed E-state index contributed by atoms with van der Waals surface area (Å²) in [5.41, 5.74) is -0.523. The molecule has 0 radical (unpaired) electrons. The third-order valence-electron chi connectivity index (χ3n) is 7.23. The molecule has 0 amide bonds. The monoisotopic (exact) mass is 541 g/mol. The van der Waals surface area contributed by atoms with Crippen molar-refractivity contribution in [2.75, 3.05) is 13.1 Å². The summed E-state index contributed by atoms with van der Waals surface area (Å²) in [4.78, 5) is 17.8. The molecule has 4 rings (SSSR count). The fourth-order valence-electron chi connectivity index (χ4n) is 5.08. The minimum atomic E-state index is -4.93. The first-order valence-electron chi connectivity index (χ1n) is 12.9. The van der Waals surface area contributed by atoms with Crippen molar-refractivity contribution in [3.8, 4) is 16.9 Å². The summed E-state index contributed by atoms with van der Waals surface area (Å²) in [5, 5.41) is 21.8. The number of aromatic hydroxyl groups is 1. The van der Waals surface area contributed by atoms with E-state index in [0.717, 1.165) is 18.8 Å². The Balaban J connectivity index is 1.64. The number of aromatic nitrogens is 4. The fourth-order valence-corrected chi connectivity index (χ4v) is 5.08. The minimum absolute atomic E-state index is 0.152. The molecule has 0 fully saturated rings. The Morgan fingerprint density at radius 3 is 2.28 bits per heavy atom. The third kappa shape index (κ3) is 6.23. The molecule has 0 bridgehead atoms. The van der Waals surface area contributed by atoms with Gasteiger partial charge >= 0.3 is 6.18 Å². The molecule has 7 nitrogen and oxygen atoms in total.